The average molecular weight is 282 g/mol. The SMILES string of the molecule is CCOCCN(C)c1nc2sccn2c1CC(C)N. The van der Waals surface area contributed by atoms with Crippen molar-refractivity contribution in [3.63, 3.8) is 0 Å². The summed E-state index contributed by atoms with van der Waals surface area (Å²) in [5.74, 6) is 1.02. The first kappa shape index (κ1) is 14.3. The minimum Gasteiger partial charge on any atom is -0.380 e. The molecule has 6 heteroatoms. The van der Waals surface area contributed by atoms with Crippen molar-refractivity contribution in [3.05, 3.63) is 17.3 Å². The molecule has 0 spiro atoms. The van der Waals surface area contributed by atoms with Crippen molar-refractivity contribution in [1.29, 1.82) is 0 Å². The van der Waals surface area contributed by atoms with Gasteiger partial charge in [0.15, 0.2) is 10.8 Å². The zero-order valence-electron chi connectivity index (χ0n) is 11.8. The number of ether oxygens (including phenoxy) is 1. The van der Waals surface area contributed by atoms with Crippen LogP contribution in [0.15, 0.2) is 11.6 Å². The quantitative estimate of drug-likeness (QED) is 0.786. The molecule has 1 atom stereocenters. The highest BCUT2D eigenvalue weighted by Crippen LogP contribution is 2.24. The van der Waals surface area contributed by atoms with Crippen LogP contribution in [0.1, 0.15) is 19.5 Å². The number of hydrogen-bond donors (Lipinski definition) is 1. The first-order chi connectivity index (χ1) is 9.13. The third-order valence-electron chi connectivity index (χ3n) is 2.99. The van der Waals surface area contributed by atoms with E-state index in [1.54, 1.807) is 11.3 Å². The molecule has 0 aromatic carbocycles. The second kappa shape index (κ2) is 6.36. The lowest BCUT2D eigenvalue weighted by Gasteiger charge is -2.18. The van der Waals surface area contributed by atoms with Gasteiger partial charge in [0, 0.05) is 44.2 Å². The molecular weight excluding hydrogens is 260 g/mol. The van der Waals surface area contributed by atoms with E-state index in [4.69, 9.17) is 15.5 Å². The number of fused-ring (bicyclic) bond motifs is 1. The Kier molecular flexibility index (Phi) is 4.79. The van der Waals surface area contributed by atoms with E-state index >= 15 is 0 Å². The molecule has 1 unspecified atom stereocenters. The zero-order valence-corrected chi connectivity index (χ0v) is 12.6. The molecule has 5 nitrogen and oxygen atoms in total. The van der Waals surface area contributed by atoms with Gasteiger partial charge < -0.3 is 15.4 Å². The molecular formula is C13H22N4OS. The molecule has 0 bridgehead atoms. The Morgan fingerprint density at radius 2 is 2.37 bits per heavy atom. The van der Waals surface area contributed by atoms with Gasteiger partial charge in [-0.1, -0.05) is 0 Å². The number of nitrogens with two attached hydrogens (primary N) is 1. The maximum atomic E-state index is 5.95. The molecule has 0 fully saturated rings. The zero-order chi connectivity index (χ0) is 13.8. The predicted molar refractivity (Wildman–Crippen MR) is 80.2 cm³/mol. The van der Waals surface area contributed by atoms with Gasteiger partial charge in [0.25, 0.3) is 0 Å². The van der Waals surface area contributed by atoms with Crippen LogP contribution in [0, 0.1) is 0 Å². The van der Waals surface area contributed by atoms with Crippen LogP contribution in [0.25, 0.3) is 4.96 Å². The Balaban J connectivity index is 2.22. The predicted octanol–water partition coefficient (Wildman–Crippen LogP) is 1.76. The summed E-state index contributed by atoms with van der Waals surface area (Å²) < 4.78 is 7.54. The van der Waals surface area contributed by atoms with Crippen molar-refractivity contribution < 1.29 is 4.74 Å². The number of hydrogen-bond acceptors (Lipinski definition) is 5. The van der Waals surface area contributed by atoms with Crippen LogP contribution in [0.2, 0.25) is 0 Å². The molecule has 106 valence electrons. The van der Waals surface area contributed by atoms with Crippen molar-refractivity contribution in [3.8, 4) is 0 Å². The van der Waals surface area contributed by atoms with Crippen molar-refractivity contribution in [2.45, 2.75) is 26.3 Å². The second-order valence-corrected chi connectivity index (χ2v) is 5.61. The van der Waals surface area contributed by atoms with E-state index in [-0.39, 0.29) is 6.04 Å². The first-order valence-electron chi connectivity index (χ1n) is 6.62. The lowest BCUT2D eigenvalue weighted by atomic mass is 10.2. The lowest BCUT2D eigenvalue weighted by Crippen LogP contribution is -2.26. The topological polar surface area (TPSA) is 55.8 Å². The van der Waals surface area contributed by atoms with Gasteiger partial charge in [0.1, 0.15) is 0 Å². The third kappa shape index (κ3) is 3.26. The van der Waals surface area contributed by atoms with Crippen molar-refractivity contribution in [1.82, 2.24) is 9.38 Å². The van der Waals surface area contributed by atoms with Gasteiger partial charge in [0.05, 0.1) is 12.3 Å². The summed E-state index contributed by atoms with van der Waals surface area (Å²) in [7, 11) is 2.05. The molecule has 0 saturated heterocycles. The van der Waals surface area contributed by atoms with Gasteiger partial charge in [-0.25, -0.2) is 4.98 Å². The molecule has 2 aromatic rings. The number of aromatic nitrogens is 2. The van der Waals surface area contributed by atoms with Crippen LogP contribution in [-0.2, 0) is 11.2 Å². The van der Waals surface area contributed by atoms with Gasteiger partial charge in [-0.2, -0.15) is 0 Å². The number of rotatable bonds is 7. The summed E-state index contributed by atoms with van der Waals surface area (Å²) >= 11 is 1.65. The fourth-order valence-electron chi connectivity index (χ4n) is 2.07. The molecule has 2 N–H and O–H groups in total. The first-order valence-corrected chi connectivity index (χ1v) is 7.50. The number of nitrogens with zero attached hydrogens (tertiary/aromatic N) is 3. The van der Waals surface area contributed by atoms with E-state index < -0.39 is 0 Å². The Hall–Kier alpha value is -1.11. The van der Waals surface area contributed by atoms with Gasteiger partial charge in [-0.3, -0.25) is 4.40 Å². The van der Waals surface area contributed by atoms with Gasteiger partial charge in [-0.05, 0) is 13.8 Å². The van der Waals surface area contributed by atoms with Crippen molar-refractivity contribution >= 4 is 22.1 Å². The number of imidazole rings is 1. The normalized spacial score (nSPS) is 13.1. The number of likely N-dealkylation sites (N-methyl/N-ethyl adjacent to an activating group) is 1. The molecule has 0 radical (unpaired) electrons. The van der Waals surface area contributed by atoms with E-state index in [2.05, 4.69) is 27.9 Å². The highest BCUT2D eigenvalue weighted by Gasteiger charge is 2.17. The molecule has 0 aliphatic heterocycles. The van der Waals surface area contributed by atoms with Crippen LogP contribution < -0.4 is 10.6 Å². The fraction of sp³-hybridized carbons (Fsp3) is 0.615. The van der Waals surface area contributed by atoms with Crippen molar-refractivity contribution in [2.75, 3.05) is 31.7 Å². The minimum atomic E-state index is 0.124. The van der Waals surface area contributed by atoms with Gasteiger partial charge in [-0.15, -0.1) is 11.3 Å². The van der Waals surface area contributed by atoms with Crippen LogP contribution >= 0.6 is 11.3 Å². The molecule has 19 heavy (non-hydrogen) atoms. The van der Waals surface area contributed by atoms with Crippen LogP contribution in [0.4, 0.5) is 5.82 Å². The molecule has 0 amide bonds. The summed E-state index contributed by atoms with van der Waals surface area (Å²) in [6, 6.07) is 0.124. The molecule has 2 heterocycles. The van der Waals surface area contributed by atoms with Gasteiger partial charge >= 0.3 is 0 Å². The maximum Gasteiger partial charge on any atom is 0.195 e. The van der Waals surface area contributed by atoms with Gasteiger partial charge in [0.2, 0.25) is 0 Å². The molecule has 2 aromatic heterocycles. The summed E-state index contributed by atoms with van der Waals surface area (Å²) in [6.45, 7) is 6.34. The van der Waals surface area contributed by atoms with E-state index in [1.807, 2.05) is 13.8 Å². The number of thiazole rings is 1. The highest BCUT2D eigenvalue weighted by atomic mass is 32.1. The third-order valence-corrected chi connectivity index (χ3v) is 3.75. The fourth-order valence-corrected chi connectivity index (χ4v) is 2.80. The molecule has 0 aliphatic rings. The number of anilines is 1. The smallest absolute Gasteiger partial charge is 0.195 e. The lowest BCUT2D eigenvalue weighted by molar-refractivity contribution is 0.154. The Morgan fingerprint density at radius 3 is 3.05 bits per heavy atom. The Morgan fingerprint density at radius 1 is 1.58 bits per heavy atom. The molecule has 0 saturated carbocycles. The summed E-state index contributed by atoms with van der Waals surface area (Å²) in [4.78, 5) is 7.87. The summed E-state index contributed by atoms with van der Waals surface area (Å²) in [6.07, 6.45) is 2.89. The largest absolute Gasteiger partial charge is 0.380 e. The average Bonchev–Trinajstić information content (AvgIpc) is 2.91. The van der Waals surface area contributed by atoms with Crippen LogP contribution in [0.3, 0.4) is 0 Å². The standard InChI is InChI=1S/C13H22N4OS/c1-4-18-7-5-16(3)12-11(9-10(2)14)17-6-8-19-13(17)15-12/h6,8,10H,4-5,7,9,14H2,1-3H3. The maximum absolute atomic E-state index is 5.95. The van der Waals surface area contributed by atoms with Crippen LogP contribution in [-0.4, -0.2) is 42.2 Å². The monoisotopic (exact) mass is 282 g/mol. The second-order valence-electron chi connectivity index (χ2n) is 4.74. The van der Waals surface area contributed by atoms with Crippen LogP contribution in [0.5, 0.6) is 0 Å². The summed E-state index contributed by atoms with van der Waals surface area (Å²) in [5, 5.41) is 2.05. The van der Waals surface area contributed by atoms with E-state index in [0.717, 1.165) is 37.0 Å². The Bertz CT molecular complexity index is 520. The molecule has 2 rings (SSSR count). The van der Waals surface area contributed by atoms with E-state index in [0.29, 0.717) is 0 Å². The van der Waals surface area contributed by atoms with Crippen molar-refractivity contribution in [2.24, 2.45) is 5.73 Å². The molecule has 0 aliphatic carbocycles. The Labute approximate surface area is 118 Å². The van der Waals surface area contributed by atoms with E-state index in [9.17, 15) is 0 Å². The minimum absolute atomic E-state index is 0.124. The highest BCUT2D eigenvalue weighted by molar-refractivity contribution is 7.15. The van der Waals surface area contributed by atoms with E-state index in [1.165, 1.54) is 5.69 Å². The summed E-state index contributed by atoms with van der Waals surface area (Å²) in [5.41, 5.74) is 7.14.